The van der Waals surface area contributed by atoms with E-state index in [0.717, 1.165) is 12.1 Å². The lowest BCUT2D eigenvalue weighted by molar-refractivity contribution is -0.127. The summed E-state index contributed by atoms with van der Waals surface area (Å²) in [6.07, 6.45) is 2.45. The van der Waals surface area contributed by atoms with Gasteiger partial charge in [0.2, 0.25) is 5.91 Å². The van der Waals surface area contributed by atoms with Gasteiger partial charge >= 0.3 is 0 Å². The van der Waals surface area contributed by atoms with Crippen molar-refractivity contribution < 1.29 is 9.21 Å². The van der Waals surface area contributed by atoms with Crippen molar-refractivity contribution in [1.82, 2.24) is 9.88 Å². The second-order valence-electron chi connectivity index (χ2n) is 3.62. The number of nitrogens with zero attached hydrogens (tertiary/aromatic N) is 3. The SMILES string of the molecule is CCc1coc(N(C)CC(=O)N(C)C)n1. The summed E-state index contributed by atoms with van der Waals surface area (Å²) in [6.45, 7) is 2.28. The second-order valence-corrected chi connectivity index (χ2v) is 3.62. The van der Waals surface area contributed by atoms with Gasteiger partial charge in [-0.1, -0.05) is 6.92 Å². The topological polar surface area (TPSA) is 49.6 Å². The lowest BCUT2D eigenvalue weighted by Gasteiger charge is -2.16. The first-order chi connectivity index (χ1) is 7.04. The summed E-state index contributed by atoms with van der Waals surface area (Å²) in [5.74, 6) is 0.0220. The molecule has 1 rings (SSSR count). The predicted octanol–water partition coefficient (Wildman–Crippen LogP) is 0.761. The molecule has 0 fully saturated rings. The van der Waals surface area contributed by atoms with Crippen molar-refractivity contribution in [1.29, 1.82) is 0 Å². The summed E-state index contributed by atoms with van der Waals surface area (Å²) in [6, 6.07) is 0.488. The molecule has 0 spiro atoms. The smallest absolute Gasteiger partial charge is 0.297 e. The number of hydrogen-bond donors (Lipinski definition) is 0. The molecule has 0 N–H and O–H groups in total. The van der Waals surface area contributed by atoms with Crippen molar-refractivity contribution in [2.75, 3.05) is 32.6 Å². The third kappa shape index (κ3) is 2.97. The molecule has 0 unspecified atom stereocenters. The largest absolute Gasteiger partial charge is 0.432 e. The summed E-state index contributed by atoms with van der Waals surface area (Å²) in [5.41, 5.74) is 0.897. The molecular weight excluding hydrogens is 194 g/mol. The van der Waals surface area contributed by atoms with Gasteiger partial charge in [0.1, 0.15) is 12.8 Å². The highest BCUT2D eigenvalue weighted by molar-refractivity contribution is 5.80. The van der Waals surface area contributed by atoms with Gasteiger partial charge in [-0.25, -0.2) is 0 Å². The third-order valence-corrected chi connectivity index (χ3v) is 2.10. The molecule has 0 radical (unpaired) electrons. The maximum Gasteiger partial charge on any atom is 0.297 e. The van der Waals surface area contributed by atoms with Crippen molar-refractivity contribution in [2.45, 2.75) is 13.3 Å². The van der Waals surface area contributed by atoms with Crippen LogP contribution >= 0.6 is 0 Å². The van der Waals surface area contributed by atoms with Gasteiger partial charge in [0, 0.05) is 21.1 Å². The zero-order valence-corrected chi connectivity index (χ0v) is 9.65. The number of rotatable bonds is 4. The van der Waals surface area contributed by atoms with Gasteiger partial charge in [0.05, 0.1) is 5.69 Å². The van der Waals surface area contributed by atoms with Crippen molar-refractivity contribution in [3.8, 4) is 0 Å². The molecule has 15 heavy (non-hydrogen) atoms. The van der Waals surface area contributed by atoms with E-state index < -0.39 is 0 Å². The number of hydrogen-bond acceptors (Lipinski definition) is 4. The third-order valence-electron chi connectivity index (χ3n) is 2.10. The van der Waals surface area contributed by atoms with E-state index in [4.69, 9.17) is 4.42 Å². The van der Waals surface area contributed by atoms with Crippen LogP contribution in [0.3, 0.4) is 0 Å². The van der Waals surface area contributed by atoms with E-state index in [1.165, 1.54) is 0 Å². The Hall–Kier alpha value is -1.52. The minimum atomic E-state index is 0.0220. The van der Waals surface area contributed by atoms with E-state index in [2.05, 4.69) is 4.98 Å². The Morgan fingerprint density at radius 2 is 2.13 bits per heavy atom. The normalized spacial score (nSPS) is 10.1. The molecule has 1 aromatic heterocycles. The maximum absolute atomic E-state index is 11.4. The number of carbonyl (C=O) groups is 1. The fourth-order valence-corrected chi connectivity index (χ4v) is 1.05. The number of aromatic nitrogens is 1. The highest BCUT2D eigenvalue weighted by atomic mass is 16.4. The van der Waals surface area contributed by atoms with Crippen LogP contribution < -0.4 is 4.90 Å². The average molecular weight is 211 g/mol. The van der Waals surface area contributed by atoms with Crippen LogP contribution in [0, 0.1) is 0 Å². The molecule has 5 heteroatoms. The molecule has 1 aromatic rings. The van der Waals surface area contributed by atoms with Crippen molar-refractivity contribution in [2.24, 2.45) is 0 Å². The number of anilines is 1. The molecule has 0 saturated heterocycles. The fourth-order valence-electron chi connectivity index (χ4n) is 1.05. The minimum Gasteiger partial charge on any atom is -0.432 e. The van der Waals surface area contributed by atoms with Crippen LogP contribution in [-0.4, -0.2) is 43.5 Å². The quantitative estimate of drug-likeness (QED) is 0.737. The molecule has 0 bridgehead atoms. The molecule has 0 atom stereocenters. The number of amides is 1. The molecule has 5 nitrogen and oxygen atoms in total. The van der Waals surface area contributed by atoms with Gasteiger partial charge in [-0.05, 0) is 6.42 Å². The summed E-state index contributed by atoms with van der Waals surface area (Å²) in [7, 11) is 5.24. The second kappa shape index (κ2) is 4.82. The lowest BCUT2D eigenvalue weighted by Crippen LogP contribution is -2.34. The average Bonchev–Trinajstić information content (AvgIpc) is 2.65. The summed E-state index contributed by atoms with van der Waals surface area (Å²) in [4.78, 5) is 18.9. The fraction of sp³-hybridized carbons (Fsp3) is 0.600. The van der Waals surface area contributed by atoms with E-state index in [9.17, 15) is 4.79 Å². The molecule has 1 amide bonds. The van der Waals surface area contributed by atoms with E-state index in [1.54, 1.807) is 37.2 Å². The van der Waals surface area contributed by atoms with Crippen LogP contribution in [0.15, 0.2) is 10.7 Å². The first-order valence-electron chi connectivity index (χ1n) is 4.90. The molecule has 0 aromatic carbocycles. The van der Waals surface area contributed by atoms with Crippen LogP contribution in [0.2, 0.25) is 0 Å². The molecule has 0 aliphatic rings. The summed E-state index contributed by atoms with van der Waals surface area (Å²) >= 11 is 0. The predicted molar refractivity (Wildman–Crippen MR) is 57.8 cm³/mol. The van der Waals surface area contributed by atoms with E-state index in [-0.39, 0.29) is 12.5 Å². The maximum atomic E-state index is 11.4. The summed E-state index contributed by atoms with van der Waals surface area (Å²) in [5, 5.41) is 0. The Balaban J connectivity index is 2.60. The number of carbonyl (C=O) groups excluding carboxylic acids is 1. The monoisotopic (exact) mass is 211 g/mol. The van der Waals surface area contributed by atoms with Gasteiger partial charge in [-0.3, -0.25) is 4.79 Å². The van der Waals surface area contributed by atoms with E-state index in [1.807, 2.05) is 6.92 Å². The molecule has 84 valence electrons. The molecule has 1 heterocycles. The molecule has 0 aliphatic heterocycles. The van der Waals surface area contributed by atoms with Crippen LogP contribution in [0.25, 0.3) is 0 Å². The highest BCUT2D eigenvalue weighted by Gasteiger charge is 2.13. The first kappa shape index (κ1) is 11.6. The van der Waals surface area contributed by atoms with Crippen LogP contribution in [0.4, 0.5) is 6.01 Å². The van der Waals surface area contributed by atoms with Gasteiger partial charge in [-0.2, -0.15) is 4.98 Å². The highest BCUT2D eigenvalue weighted by Crippen LogP contribution is 2.11. The zero-order chi connectivity index (χ0) is 11.4. The van der Waals surface area contributed by atoms with E-state index >= 15 is 0 Å². The van der Waals surface area contributed by atoms with Crippen molar-refractivity contribution >= 4 is 11.9 Å². The van der Waals surface area contributed by atoms with E-state index in [0.29, 0.717) is 6.01 Å². The molecule has 0 saturated carbocycles. The number of oxazole rings is 1. The van der Waals surface area contributed by atoms with Gasteiger partial charge in [-0.15, -0.1) is 0 Å². The Bertz CT molecular complexity index is 333. The lowest BCUT2D eigenvalue weighted by atomic mass is 10.4. The number of likely N-dealkylation sites (N-methyl/N-ethyl adjacent to an activating group) is 2. The first-order valence-corrected chi connectivity index (χ1v) is 4.90. The van der Waals surface area contributed by atoms with Gasteiger partial charge < -0.3 is 14.2 Å². The van der Waals surface area contributed by atoms with Crippen LogP contribution in [0.1, 0.15) is 12.6 Å². The molecular formula is C10H17N3O2. The molecule has 0 aliphatic carbocycles. The minimum absolute atomic E-state index is 0.0220. The standard InChI is InChI=1S/C10H17N3O2/c1-5-8-7-15-10(11-8)13(4)6-9(14)12(2)3/h7H,5-6H2,1-4H3. The Morgan fingerprint density at radius 1 is 1.47 bits per heavy atom. The Labute approximate surface area is 89.7 Å². The number of aryl methyl sites for hydroxylation is 1. The van der Waals surface area contributed by atoms with Crippen molar-refractivity contribution in [3.63, 3.8) is 0 Å². The van der Waals surface area contributed by atoms with Crippen molar-refractivity contribution in [3.05, 3.63) is 12.0 Å². The zero-order valence-electron chi connectivity index (χ0n) is 9.65. The van der Waals surface area contributed by atoms with Crippen LogP contribution in [-0.2, 0) is 11.2 Å². The van der Waals surface area contributed by atoms with Gasteiger partial charge in [0.25, 0.3) is 6.01 Å². The van der Waals surface area contributed by atoms with Crippen LogP contribution in [0.5, 0.6) is 0 Å². The van der Waals surface area contributed by atoms with Gasteiger partial charge in [0.15, 0.2) is 0 Å². The Kier molecular flexibility index (Phi) is 3.71. The Morgan fingerprint density at radius 3 is 2.60 bits per heavy atom. The summed E-state index contributed by atoms with van der Waals surface area (Å²) < 4.78 is 5.24.